The average molecular weight is 188 g/mol. The molecule has 1 radical (unpaired) electrons. The van der Waals surface area contributed by atoms with Gasteiger partial charge in [0.05, 0.1) is 0 Å². The minimum atomic E-state index is 0.602. The van der Waals surface area contributed by atoms with E-state index in [0.29, 0.717) is 5.92 Å². The summed E-state index contributed by atoms with van der Waals surface area (Å²) >= 11 is 0. The first-order chi connectivity index (χ1) is 6.72. The van der Waals surface area contributed by atoms with Crippen LogP contribution in [0.2, 0.25) is 0 Å². The van der Waals surface area contributed by atoms with Crippen LogP contribution in [-0.2, 0) is 0 Å². The maximum Gasteiger partial charge on any atom is 0.0314 e. The van der Waals surface area contributed by atoms with Crippen LogP contribution < -0.4 is 5.73 Å². The maximum atomic E-state index is 5.60. The molecule has 1 nitrogen and oxygen atoms in total. The molecule has 1 heteroatoms. The second kappa shape index (κ2) is 5.48. The number of hydrogen-bond acceptors (Lipinski definition) is 1. The van der Waals surface area contributed by atoms with Gasteiger partial charge in [0.2, 0.25) is 0 Å². The minimum Gasteiger partial charge on any atom is -0.399 e. The first kappa shape index (κ1) is 10.8. The van der Waals surface area contributed by atoms with Crippen molar-refractivity contribution in [3.05, 3.63) is 42.8 Å². The van der Waals surface area contributed by atoms with Crippen molar-refractivity contribution < 1.29 is 0 Å². The van der Waals surface area contributed by atoms with Gasteiger partial charge in [0.1, 0.15) is 0 Å². The fraction of sp³-hybridized carbons (Fsp3) is 0.308. The molecule has 0 aliphatic carbocycles. The van der Waals surface area contributed by atoms with Gasteiger partial charge in [0, 0.05) is 5.69 Å². The van der Waals surface area contributed by atoms with Crippen molar-refractivity contribution in [2.45, 2.75) is 19.8 Å². The van der Waals surface area contributed by atoms with Crippen molar-refractivity contribution in [3.8, 4) is 0 Å². The van der Waals surface area contributed by atoms with E-state index in [1.807, 2.05) is 24.3 Å². The number of nitrogen functional groups attached to an aromatic ring is 1. The van der Waals surface area contributed by atoms with E-state index in [0.717, 1.165) is 18.5 Å². The maximum absolute atomic E-state index is 5.60. The third kappa shape index (κ3) is 3.65. The lowest BCUT2D eigenvalue weighted by atomic mass is 10.0. The summed E-state index contributed by atoms with van der Waals surface area (Å²) in [6, 6.07) is 7.91. The smallest absolute Gasteiger partial charge is 0.0314 e. The lowest BCUT2D eigenvalue weighted by Gasteiger charge is -2.02. The summed E-state index contributed by atoms with van der Waals surface area (Å²) in [5.74, 6) is 0.602. The molecule has 2 N–H and O–H groups in total. The Bertz CT molecular complexity index is 285. The highest BCUT2D eigenvalue weighted by Gasteiger charge is 1.93. The Morgan fingerprint density at radius 3 is 2.57 bits per heavy atom. The van der Waals surface area contributed by atoms with E-state index >= 15 is 0 Å². The van der Waals surface area contributed by atoms with Crippen LogP contribution in [0.3, 0.4) is 0 Å². The zero-order valence-electron chi connectivity index (χ0n) is 8.74. The van der Waals surface area contributed by atoms with Gasteiger partial charge in [-0.15, -0.1) is 0 Å². The number of rotatable bonds is 4. The number of benzene rings is 1. The molecular weight excluding hydrogens is 170 g/mol. The molecule has 0 heterocycles. The molecule has 1 aromatic rings. The molecule has 1 unspecified atom stereocenters. The van der Waals surface area contributed by atoms with Gasteiger partial charge in [-0.3, -0.25) is 0 Å². The molecule has 1 atom stereocenters. The van der Waals surface area contributed by atoms with Crippen LogP contribution in [0.5, 0.6) is 0 Å². The minimum absolute atomic E-state index is 0.602. The van der Waals surface area contributed by atoms with Crippen LogP contribution >= 0.6 is 0 Å². The molecule has 0 fully saturated rings. The highest BCUT2D eigenvalue weighted by Crippen LogP contribution is 2.11. The second-order valence-corrected chi connectivity index (χ2v) is 3.65. The normalized spacial score (nSPS) is 13.3. The fourth-order valence-corrected chi connectivity index (χ4v) is 1.30. The van der Waals surface area contributed by atoms with Crippen LogP contribution in [0.4, 0.5) is 5.69 Å². The summed E-state index contributed by atoms with van der Waals surface area (Å²) < 4.78 is 0. The SMILES string of the molecule is [CH2]CCC(C)C=Cc1ccc(N)cc1. The Morgan fingerprint density at radius 1 is 1.36 bits per heavy atom. The Kier molecular flexibility index (Phi) is 4.24. The molecule has 0 saturated heterocycles. The van der Waals surface area contributed by atoms with Crippen LogP contribution in [0.25, 0.3) is 6.08 Å². The summed E-state index contributed by atoms with van der Waals surface area (Å²) in [6.07, 6.45) is 6.50. The van der Waals surface area contributed by atoms with Gasteiger partial charge >= 0.3 is 0 Å². The summed E-state index contributed by atoms with van der Waals surface area (Å²) in [5, 5.41) is 0. The van der Waals surface area contributed by atoms with Gasteiger partial charge in [-0.25, -0.2) is 0 Å². The monoisotopic (exact) mass is 188 g/mol. The molecule has 0 bridgehead atoms. The third-order valence-corrected chi connectivity index (χ3v) is 2.21. The zero-order valence-corrected chi connectivity index (χ0v) is 8.74. The number of allylic oxidation sites excluding steroid dienone is 1. The first-order valence-corrected chi connectivity index (χ1v) is 5.05. The van der Waals surface area contributed by atoms with Crippen molar-refractivity contribution >= 4 is 11.8 Å². The molecule has 14 heavy (non-hydrogen) atoms. The molecule has 1 aromatic carbocycles. The van der Waals surface area contributed by atoms with E-state index in [1.54, 1.807) is 0 Å². The van der Waals surface area contributed by atoms with Crippen molar-refractivity contribution in [2.24, 2.45) is 5.92 Å². The van der Waals surface area contributed by atoms with E-state index in [9.17, 15) is 0 Å². The highest BCUT2D eigenvalue weighted by atomic mass is 14.5. The number of hydrogen-bond donors (Lipinski definition) is 1. The lowest BCUT2D eigenvalue weighted by molar-refractivity contribution is 0.659. The van der Waals surface area contributed by atoms with Crippen molar-refractivity contribution in [1.82, 2.24) is 0 Å². The topological polar surface area (TPSA) is 26.0 Å². The molecule has 0 amide bonds. The van der Waals surface area contributed by atoms with E-state index < -0.39 is 0 Å². The van der Waals surface area contributed by atoms with Gasteiger partial charge < -0.3 is 5.73 Å². The van der Waals surface area contributed by atoms with Gasteiger partial charge in [0.25, 0.3) is 0 Å². The summed E-state index contributed by atoms with van der Waals surface area (Å²) in [5.41, 5.74) is 7.61. The largest absolute Gasteiger partial charge is 0.399 e. The van der Waals surface area contributed by atoms with E-state index in [2.05, 4.69) is 26.0 Å². The predicted octanol–water partition coefficient (Wildman–Crippen LogP) is 3.53. The quantitative estimate of drug-likeness (QED) is 0.719. The lowest BCUT2D eigenvalue weighted by Crippen LogP contribution is -1.87. The molecular formula is C13H18N. The van der Waals surface area contributed by atoms with E-state index in [4.69, 9.17) is 5.73 Å². The molecule has 0 aromatic heterocycles. The molecule has 0 saturated carbocycles. The van der Waals surface area contributed by atoms with Crippen molar-refractivity contribution in [2.75, 3.05) is 5.73 Å². The van der Waals surface area contributed by atoms with Gasteiger partial charge in [-0.1, -0.05) is 44.6 Å². The Balaban J connectivity index is 2.55. The molecule has 1 rings (SSSR count). The van der Waals surface area contributed by atoms with E-state index in [-0.39, 0.29) is 0 Å². The van der Waals surface area contributed by atoms with Crippen LogP contribution in [0.15, 0.2) is 30.3 Å². The predicted molar refractivity (Wildman–Crippen MR) is 63.6 cm³/mol. The van der Waals surface area contributed by atoms with Gasteiger partial charge in [-0.2, -0.15) is 0 Å². The molecule has 75 valence electrons. The Labute approximate surface area is 86.6 Å². The zero-order chi connectivity index (χ0) is 10.4. The molecule has 0 aliphatic rings. The second-order valence-electron chi connectivity index (χ2n) is 3.65. The fourth-order valence-electron chi connectivity index (χ4n) is 1.30. The standard InChI is InChI=1S/C13H18N/c1-3-4-11(2)5-6-12-7-9-13(14)10-8-12/h5-11H,1,3-4,14H2,2H3. The third-order valence-electron chi connectivity index (χ3n) is 2.21. The highest BCUT2D eigenvalue weighted by molar-refractivity contribution is 5.53. The van der Waals surface area contributed by atoms with Crippen LogP contribution in [0, 0.1) is 12.8 Å². The number of anilines is 1. The first-order valence-electron chi connectivity index (χ1n) is 5.05. The van der Waals surface area contributed by atoms with Crippen LogP contribution in [-0.4, -0.2) is 0 Å². The Morgan fingerprint density at radius 2 is 2.00 bits per heavy atom. The molecule has 0 spiro atoms. The van der Waals surface area contributed by atoms with Gasteiger partial charge in [-0.05, 0) is 30.0 Å². The van der Waals surface area contributed by atoms with Gasteiger partial charge in [0.15, 0.2) is 0 Å². The summed E-state index contributed by atoms with van der Waals surface area (Å²) in [6.45, 7) is 6.05. The molecule has 0 aliphatic heterocycles. The number of nitrogens with two attached hydrogens (primary N) is 1. The van der Waals surface area contributed by atoms with Crippen LogP contribution in [0.1, 0.15) is 25.3 Å². The summed E-state index contributed by atoms with van der Waals surface area (Å²) in [7, 11) is 0. The Hall–Kier alpha value is -1.24. The van der Waals surface area contributed by atoms with Crippen molar-refractivity contribution in [1.29, 1.82) is 0 Å². The van der Waals surface area contributed by atoms with Crippen molar-refractivity contribution in [3.63, 3.8) is 0 Å². The summed E-state index contributed by atoms with van der Waals surface area (Å²) in [4.78, 5) is 0. The average Bonchev–Trinajstić information content (AvgIpc) is 2.17. The van der Waals surface area contributed by atoms with E-state index in [1.165, 1.54) is 5.56 Å².